The number of pyridine rings is 2. The normalized spacial score (nSPS) is 21.0. The van der Waals surface area contributed by atoms with Gasteiger partial charge in [-0.1, -0.05) is 5.11 Å². The van der Waals surface area contributed by atoms with E-state index in [-0.39, 0.29) is 18.8 Å². The molecule has 15 heteroatoms. The number of hydrogen-bond donors (Lipinski definition) is 2. The van der Waals surface area contributed by atoms with Crippen molar-refractivity contribution >= 4 is 13.4 Å². The molecule has 0 radical (unpaired) electrons. The van der Waals surface area contributed by atoms with E-state index in [0.717, 1.165) is 0 Å². The van der Waals surface area contributed by atoms with Gasteiger partial charge in [-0.25, -0.2) is 9.36 Å². The minimum absolute atomic E-state index is 0.132. The molecule has 1 fully saturated rings. The lowest BCUT2D eigenvalue weighted by atomic mass is 10.1. The molecule has 1 aliphatic rings. The average Bonchev–Trinajstić information content (AvgIpc) is 3.24. The van der Waals surface area contributed by atoms with Crippen LogP contribution in [0, 0.1) is 6.92 Å². The summed E-state index contributed by atoms with van der Waals surface area (Å²) in [4.78, 5) is 36.9. The molecule has 0 saturated carbocycles. The molecule has 4 heterocycles. The summed E-state index contributed by atoms with van der Waals surface area (Å²) < 4.78 is 32.0. The first-order chi connectivity index (χ1) is 16.9. The van der Waals surface area contributed by atoms with Gasteiger partial charge in [-0.2, -0.15) is 0 Å². The fourth-order valence-corrected chi connectivity index (χ4v) is 4.74. The number of ether oxygens (including phenoxy) is 1. The lowest BCUT2D eigenvalue weighted by Gasteiger charge is -2.23. The smallest absolute Gasteiger partial charge is 0.407 e. The third-order valence-corrected chi connectivity index (χ3v) is 6.53. The van der Waals surface area contributed by atoms with Crippen molar-refractivity contribution in [2.75, 3.05) is 11.7 Å². The highest BCUT2D eigenvalue weighted by molar-refractivity contribution is 7.55. The largest absolute Gasteiger partial charge is 0.486 e. The molecule has 3 aromatic heterocycles. The minimum Gasteiger partial charge on any atom is -0.407 e. The number of aromatic nitrogens is 4. The van der Waals surface area contributed by atoms with Crippen LogP contribution in [0.15, 0.2) is 70.0 Å². The molecule has 0 aliphatic carbocycles. The zero-order valence-electron chi connectivity index (χ0n) is 18.4. The molecular formula is C20H21N8O6P. The number of nitrogens with zero attached hydrogens (tertiary/aromatic N) is 6. The lowest BCUT2D eigenvalue weighted by Crippen LogP contribution is -2.33. The summed E-state index contributed by atoms with van der Waals surface area (Å²) in [5.41, 5.74) is 8.50. The van der Waals surface area contributed by atoms with Gasteiger partial charge >= 0.3 is 13.4 Å². The van der Waals surface area contributed by atoms with Crippen LogP contribution < -0.4 is 20.9 Å². The van der Waals surface area contributed by atoms with Crippen molar-refractivity contribution in [1.29, 1.82) is 0 Å². The molecule has 0 amide bonds. The third-order valence-electron chi connectivity index (χ3n) is 5.06. The van der Waals surface area contributed by atoms with E-state index < -0.39 is 37.4 Å². The van der Waals surface area contributed by atoms with Crippen molar-refractivity contribution in [1.82, 2.24) is 19.5 Å². The first-order valence-corrected chi connectivity index (χ1v) is 12.0. The average molecular weight is 500 g/mol. The monoisotopic (exact) mass is 500 g/mol. The Morgan fingerprint density at radius 3 is 2.77 bits per heavy atom. The van der Waals surface area contributed by atoms with E-state index in [1.807, 2.05) is 0 Å². The molecular weight excluding hydrogens is 479 g/mol. The Morgan fingerprint density at radius 1 is 1.31 bits per heavy atom. The van der Waals surface area contributed by atoms with E-state index in [0.29, 0.717) is 11.3 Å². The highest BCUT2D eigenvalue weighted by Crippen LogP contribution is 2.48. The van der Waals surface area contributed by atoms with Crippen LogP contribution in [0.4, 0.5) is 5.69 Å². The van der Waals surface area contributed by atoms with Gasteiger partial charge in [0.25, 0.3) is 5.56 Å². The quantitative estimate of drug-likeness (QED) is 0.193. The van der Waals surface area contributed by atoms with Crippen molar-refractivity contribution in [3.8, 4) is 5.75 Å². The van der Waals surface area contributed by atoms with Crippen LogP contribution in [0.3, 0.4) is 0 Å². The van der Waals surface area contributed by atoms with E-state index >= 15 is 0 Å². The third kappa shape index (κ3) is 5.94. The molecule has 1 saturated heterocycles. The number of nitrogens with one attached hydrogen (secondary N) is 2. The van der Waals surface area contributed by atoms with Gasteiger partial charge < -0.3 is 9.26 Å². The molecule has 4 atom stereocenters. The summed E-state index contributed by atoms with van der Waals surface area (Å²) in [5.74, 6) is 0.194. The molecule has 4 rings (SSSR count). The van der Waals surface area contributed by atoms with Gasteiger partial charge in [0, 0.05) is 35.5 Å². The zero-order chi connectivity index (χ0) is 24.8. The van der Waals surface area contributed by atoms with E-state index in [4.69, 9.17) is 19.3 Å². The first-order valence-electron chi connectivity index (χ1n) is 10.4. The Bertz CT molecular complexity index is 1330. The zero-order valence-corrected chi connectivity index (χ0v) is 19.3. The topological polar surface area (TPSA) is 186 Å². The van der Waals surface area contributed by atoms with E-state index in [2.05, 4.69) is 30.1 Å². The molecule has 0 spiro atoms. The summed E-state index contributed by atoms with van der Waals surface area (Å²) in [6, 6.07) is 5.70. The van der Waals surface area contributed by atoms with E-state index in [1.54, 1.807) is 37.4 Å². The maximum Gasteiger partial charge on any atom is 0.486 e. The Morgan fingerprint density at radius 2 is 2.09 bits per heavy atom. The van der Waals surface area contributed by atoms with Crippen LogP contribution in [0.2, 0.25) is 0 Å². The highest BCUT2D eigenvalue weighted by Gasteiger charge is 2.39. The SMILES string of the molecule is Cc1cn([C@H]2CC(N=[N+]=[N-])[C@@H](COP(=O)(Nc3cccnc3)Oc3cccnc3)O2)c(=O)[nH]c1=O. The van der Waals surface area contributed by atoms with E-state index in [1.165, 1.54) is 29.4 Å². The van der Waals surface area contributed by atoms with Crippen molar-refractivity contribution in [2.24, 2.45) is 5.11 Å². The molecule has 2 unspecified atom stereocenters. The molecule has 182 valence electrons. The standard InChI is InChI=1S/C20H21N8O6P/c1-13-11-28(20(30)24-19(13)29)18-8-16(25-27-21)17(33-18)12-32-35(31,26-14-4-2-6-22-9-14)34-15-5-3-7-23-10-15/h2-7,9-11,16-18H,8,12H2,1H3,(H,26,31)(H,24,29,30)/t16?,17-,18-,35?/m1/s1. The van der Waals surface area contributed by atoms with Crippen LogP contribution >= 0.6 is 7.75 Å². The molecule has 2 N–H and O–H groups in total. The Kier molecular flexibility index (Phi) is 7.28. The van der Waals surface area contributed by atoms with Crippen LogP contribution in [0.25, 0.3) is 10.4 Å². The van der Waals surface area contributed by atoms with Crippen molar-refractivity contribution < 1.29 is 18.3 Å². The molecule has 1 aliphatic heterocycles. The Hall–Kier alpha value is -3.96. The number of aryl methyl sites for hydroxylation is 1. The molecule has 3 aromatic rings. The van der Waals surface area contributed by atoms with Crippen LogP contribution in [0.1, 0.15) is 18.2 Å². The predicted octanol–water partition coefficient (Wildman–Crippen LogP) is 2.92. The first kappa shape index (κ1) is 24.2. The summed E-state index contributed by atoms with van der Waals surface area (Å²) in [5, 5.41) is 6.44. The number of rotatable bonds is 9. The van der Waals surface area contributed by atoms with Crippen molar-refractivity contribution in [3.05, 3.63) is 92.1 Å². The fourth-order valence-electron chi connectivity index (χ4n) is 3.40. The molecule has 0 bridgehead atoms. The molecule has 14 nitrogen and oxygen atoms in total. The van der Waals surface area contributed by atoms with Gasteiger partial charge in [-0.05, 0) is 36.7 Å². The van der Waals surface area contributed by atoms with Gasteiger partial charge in [0.1, 0.15) is 12.0 Å². The number of aromatic amines is 1. The van der Waals surface area contributed by atoms with Crippen molar-refractivity contribution in [3.63, 3.8) is 0 Å². The number of hydrogen-bond acceptors (Lipinski definition) is 9. The Labute approximate surface area is 198 Å². The van der Waals surface area contributed by atoms with Gasteiger partial charge in [0.05, 0.1) is 36.8 Å². The second kappa shape index (κ2) is 10.5. The second-order valence-electron chi connectivity index (χ2n) is 7.54. The van der Waals surface area contributed by atoms with Gasteiger partial charge in [0.2, 0.25) is 0 Å². The van der Waals surface area contributed by atoms with Crippen LogP contribution in [-0.4, -0.2) is 38.3 Å². The van der Waals surface area contributed by atoms with Gasteiger partial charge in [0.15, 0.2) is 0 Å². The van der Waals surface area contributed by atoms with Crippen molar-refractivity contribution in [2.45, 2.75) is 31.7 Å². The number of H-pyrrole nitrogens is 1. The second-order valence-corrected chi connectivity index (χ2v) is 9.20. The van der Waals surface area contributed by atoms with Gasteiger partial charge in [-0.3, -0.25) is 33.9 Å². The molecule has 35 heavy (non-hydrogen) atoms. The summed E-state index contributed by atoms with van der Waals surface area (Å²) in [6.45, 7) is 1.24. The minimum atomic E-state index is -4.04. The highest BCUT2D eigenvalue weighted by atomic mass is 31.2. The van der Waals surface area contributed by atoms with Gasteiger partial charge in [-0.15, -0.1) is 0 Å². The summed E-state index contributed by atoms with van der Waals surface area (Å²) in [7, 11) is -4.04. The summed E-state index contributed by atoms with van der Waals surface area (Å²) >= 11 is 0. The van der Waals surface area contributed by atoms with E-state index in [9.17, 15) is 14.2 Å². The number of anilines is 1. The Balaban J connectivity index is 1.55. The van der Waals surface area contributed by atoms with Crippen LogP contribution in [-0.2, 0) is 13.8 Å². The fraction of sp³-hybridized carbons (Fsp3) is 0.300. The predicted molar refractivity (Wildman–Crippen MR) is 124 cm³/mol. The lowest BCUT2D eigenvalue weighted by molar-refractivity contribution is -0.0234. The maximum atomic E-state index is 13.6. The summed E-state index contributed by atoms with van der Waals surface area (Å²) in [6.07, 6.45) is 5.69. The maximum absolute atomic E-state index is 13.6. The van der Waals surface area contributed by atoms with Crippen LogP contribution in [0.5, 0.6) is 5.75 Å². The molecule has 0 aromatic carbocycles. The number of azide groups is 1.